The summed E-state index contributed by atoms with van der Waals surface area (Å²) in [6, 6.07) is 7.92. The Balaban J connectivity index is 0.00000256. The number of benzene rings is 1. The number of rotatable bonds is 5. The molecule has 2 heterocycles. The van der Waals surface area contributed by atoms with Crippen LogP contribution >= 0.6 is 12.4 Å². The molecule has 1 aromatic heterocycles. The van der Waals surface area contributed by atoms with Gasteiger partial charge in [0.15, 0.2) is 12.4 Å². The Hall–Kier alpha value is -2.12. The Morgan fingerprint density at radius 1 is 1.17 bits per heavy atom. The van der Waals surface area contributed by atoms with Crippen LogP contribution in [0.15, 0.2) is 28.8 Å². The molecule has 1 amide bonds. The molecule has 30 heavy (non-hydrogen) atoms. The Morgan fingerprint density at radius 2 is 1.80 bits per heavy atom. The number of carbonyl (C=O) groups is 1. The number of piperidine rings is 1. The van der Waals surface area contributed by atoms with E-state index < -0.39 is 5.54 Å². The van der Waals surface area contributed by atoms with Gasteiger partial charge in [0.1, 0.15) is 5.75 Å². The maximum Gasteiger partial charge on any atom is 0.260 e. The summed E-state index contributed by atoms with van der Waals surface area (Å²) in [4.78, 5) is 19.1. The number of amides is 1. The third-order valence-corrected chi connectivity index (χ3v) is 6.31. The summed E-state index contributed by atoms with van der Waals surface area (Å²) in [5.74, 6) is 1.72. The predicted molar refractivity (Wildman–Crippen MR) is 116 cm³/mol. The highest BCUT2D eigenvalue weighted by Crippen LogP contribution is 2.35. The maximum absolute atomic E-state index is 12.6. The zero-order valence-corrected chi connectivity index (χ0v) is 18.5. The summed E-state index contributed by atoms with van der Waals surface area (Å²) in [6.45, 7) is 4.27. The van der Waals surface area contributed by atoms with Gasteiger partial charge < -0.3 is 19.9 Å². The fraction of sp³-hybridized carbons (Fsp3) is 0.591. The van der Waals surface area contributed by atoms with Gasteiger partial charge in [0.2, 0.25) is 0 Å². The normalized spacial score (nSPS) is 23.1. The van der Waals surface area contributed by atoms with E-state index in [2.05, 4.69) is 24.0 Å². The Morgan fingerprint density at radius 3 is 2.43 bits per heavy atom. The number of hydrogen-bond acceptors (Lipinski definition) is 6. The number of aromatic nitrogens is 2. The maximum atomic E-state index is 12.6. The van der Waals surface area contributed by atoms with Crippen LogP contribution in [0.2, 0.25) is 0 Å². The van der Waals surface area contributed by atoms with Gasteiger partial charge in [0.25, 0.3) is 11.8 Å². The largest absolute Gasteiger partial charge is 0.484 e. The zero-order valence-electron chi connectivity index (χ0n) is 17.7. The van der Waals surface area contributed by atoms with Crippen LogP contribution in [0.3, 0.4) is 0 Å². The van der Waals surface area contributed by atoms with E-state index >= 15 is 0 Å². The molecule has 0 spiro atoms. The van der Waals surface area contributed by atoms with Crippen LogP contribution in [0.25, 0.3) is 11.5 Å². The standard InChI is InChI=1S/C22H30N4O3.ClH/c1-15-6-5-7-16(2)26(15)19(27)14-28-18-10-8-17(9-11-18)20-24-21(25-29-20)22(23)12-3-4-13-22;/h8-11,15-16H,3-7,12-14,23H2,1-2H3;1H. The minimum absolute atomic E-state index is 0. The summed E-state index contributed by atoms with van der Waals surface area (Å²) in [7, 11) is 0. The molecule has 2 aliphatic rings. The lowest BCUT2D eigenvalue weighted by atomic mass is 9.97. The van der Waals surface area contributed by atoms with Crippen LogP contribution < -0.4 is 10.5 Å². The van der Waals surface area contributed by atoms with Crippen molar-refractivity contribution in [1.29, 1.82) is 0 Å². The number of ether oxygens (including phenoxy) is 1. The van der Waals surface area contributed by atoms with Crippen LogP contribution in [-0.4, -0.2) is 39.6 Å². The molecule has 1 aromatic carbocycles. The second-order valence-corrected chi connectivity index (χ2v) is 8.53. The average molecular weight is 435 g/mol. The molecule has 1 saturated heterocycles. The first-order valence-electron chi connectivity index (χ1n) is 10.6. The molecule has 2 unspecified atom stereocenters. The molecule has 1 aliphatic heterocycles. The number of hydrogen-bond donors (Lipinski definition) is 1. The molecule has 0 radical (unpaired) electrons. The topological polar surface area (TPSA) is 94.5 Å². The first-order valence-corrected chi connectivity index (χ1v) is 10.6. The first-order chi connectivity index (χ1) is 14.0. The summed E-state index contributed by atoms with van der Waals surface area (Å²) >= 11 is 0. The second kappa shape index (κ2) is 9.35. The van der Waals surface area contributed by atoms with Gasteiger partial charge in [-0.25, -0.2) is 0 Å². The third kappa shape index (κ3) is 4.62. The first kappa shape index (κ1) is 22.6. The number of nitrogens with zero attached hydrogens (tertiary/aromatic N) is 3. The molecule has 164 valence electrons. The fourth-order valence-corrected chi connectivity index (χ4v) is 4.60. The van der Waals surface area contributed by atoms with Gasteiger partial charge in [-0.3, -0.25) is 4.79 Å². The zero-order chi connectivity index (χ0) is 20.4. The minimum Gasteiger partial charge on any atom is -0.484 e. The second-order valence-electron chi connectivity index (χ2n) is 8.53. The Bertz CT molecular complexity index is 838. The lowest BCUT2D eigenvalue weighted by Crippen LogP contribution is -2.49. The molecule has 1 aliphatic carbocycles. The molecule has 8 heteroatoms. The van der Waals surface area contributed by atoms with Crippen LogP contribution in [0.1, 0.15) is 64.6 Å². The predicted octanol–water partition coefficient (Wildman–Crippen LogP) is 4.05. The van der Waals surface area contributed by atoms with Crippen molar-refractivity contribution in [2.24, 2.45) is 5.73 Å². The molecule has 7 nitrogen and oxygen atoms in total. The summed E-state index contributed by atoms with van der Waals surface area (Å²) in [5, 5.41) is 4.10. The van der Waals surface area contributed by atoms with Crippen molar-refractivity contribution in [1.82, 2.24) is 15.0 Å². The van der Waals surface area contributed by atoms with E-state index in [1.54, 1.807) is 0 Å². The van der Waals surface area contributed by atoms with E-state index in [9.17, 15) is 4.79 Å². The molecule has 1 saturated carbocycles. The smallest absolute Gasteiger partial charge is 0.260 e. The Kier molecular flexibility index (Phi) is 7.03. The van der Waals surface area contributed by atoms with E-state index in [0.717, 1.165) is 44.1 Å². The van der Waals surface area contributed by atoms with Crippen molar-refractivity contribution in [3.05, 3.63) is 30.1 Å². The summed E-state index contributed by atoms with van der Waals surface area (Å²) < 4.78 is 11.2. The minimum atomic E-state index is -0.464. The van der Waals surface area contributed by atoms with Crippen LogP contribution in [0, 0.1) is 0 Å². The average Bonchev–Trinajstić information content (AvgIpc) is 3.37. The summed E-state index contributed by atoms with van der Waals surface area (Å²) in [5.41, 5.74) is 6.75. The number of carbonyl (C=O) groups excluding carboxylic acids is 1. The molecular weight excluding hydrogens is 404 g/mol. The number of halogens is 1. The fourth-order valence-electron chi connectivity index (χ4n) is 4.60. The van der Waals surface area contributed by atoms with Gasteiger partial charge in [-0.2, -0.15) is 4.98 Å². The summed E-state index contributed by atoms with van der Waals surface area (Å²) in [6.07, 6.45) is 7.27. The van der Waals surface area contributed by atoms with Gasteiger partial charge in [-0.1, -0.05) is 18.0 Å². The van der Waals surface area contributed by atoms with Gasteiger partial charge in [0.05, 0.1) is 5.54 Å². The van der Waals surface area contributed by atoms with E-state index in [0.29, 0.717) is 17.5 Å². The van der Waals surface area contributed by atoms with Crippen LogP contribution in [0.4, 0.5) is 0 Å². The van der Waals surface area contributed by atoms with Crippen LogP contribution in [0.5, 0.6) is 5.75 Å². The lowest BCUT2D eigenvalue weighted by Gasteiger charge is -2.38. The quantitative estimate of drug-likeness (QED) is 0.762. The van der Waals surface area contributed by atoms with Gasteiger partial charge in [-0.05, 0) is 70.2 Å². The van der Waals surface area contributed by atoms with Crippen molar-refractivity contribution in [3.63, 3.8) is 0 Å². The molecule has 4 rings (SSSR count). The van der Waals surface area contributed by atoms with E-state index in [4.69, 9.17) is 15.0 Å². The molecule has 0 bridgehead atoms. The molecular formula is C22H31ClN4O3. The van der Waals surface area contributed by atoms with E-state index in [1.807, 2.05) is 29.2 Å². The third-order valence-electron chi connectivity index (χ3n) is 6.31. The van der Waals surface area contributed by atoms with Crippen molar-refractivity contribution in [2.45, 2.75) is 76.4 Å². The van der Waals surface area contributed by atoms with Crippen molar-refractivity contribution in [2.75, 3.05) is 6.61 Å². The van der Waals surface area contributed by atoms with Gasteiger partial charge in [0, 0.05) is 17.6 Å². The van der Waals surface area contributed by atoms with Crippen molar-refractivity contribution in [3.8, 4) is 17.2 Å². The van der Waals surface area contributed by atoms with Crippen molar-refractivity contribution >= 4 is 18.3 Å². The number of likely N-dealkylation sites (tertiary alicyclic amines) is 1. The highest BCUT2D eigenvalue weighted by Gasteiger charge is 2.36. The monoisotopic (exact) mass is 434 g/mol. The van der Waals surface area contributed by atoms with Crippen LogP contribution in [-0.2, 0) is 10.3 Å². The van der Waals surface area contributed by atoms with Crippen molar-refractivity contribution < 1.29 is 14.1 Å². The Labute approximate surface area is 183 Å². The number of nitrogens with two attached hydrogens (primary N) is 1. The van der Waals surface area contributed by atoms with Gasteiger partial charge >= 0.3 is 0 Å². The molecule has 2 fully saturated rings. The highest BCUT2D eigenvalue weighted by atomic mass is 35.5. The molecule has 2 aromatic rings. The van der Waals surface area contributed by atoms with E-state index in [1.165, 1.54) is 6.42 Å². The molecule has 2 atom stereocenters. The lowest BCUT2D eigenvalue weighted by molar-refractivity contribution is -0.139. The SMILES string of the molecule is CC1CCCC(C)N1C(=O)COc1ccc(-c2nc(C3(N)CCCC3)no2)cc1.Cl. The van der Waals surface area contributed by atoms with E-state index in [-0.39, 0.29) is 37.0 Å². The highest BCUT2D eigenvalue weighted by molar-refractivity contribution is 5.85. The van der Waals surface area contributed by atoms with Gasteiger partial charge in [-0.15, -0.1) is 12.4 Å². The molecule has 2 N–H and O–H groups in total.